The summed E-state index contributed by atoms with van der Waals surface area (Å²) in [7, 11) is 0. The summed E-state index contributed by atoms with van der Waals surface area (Å²) in [4.78, 5) is 11.0. The fraction of sp³-hybridized carbons (Fsp3) is 0.900. The van der Waals surface area contributed by atoms with Crippen LogP contribution in [0, 0.1) is 0 Å². The van der Waals surface area contributed by atoms with Crippen LogP contribution in [0.2, 0.25) is 0 Å². The van der Waals surface area contributed by atoms with E-state index in [0.29, 0.717) is 19.6 Å². The van der Waals surface area contributed by atoms with Crippen LogP contribution in [0.5, 0.6) is 0 Å². The Morgan fingerprint density at radius 2 is 2.00 bits per heavy atom. The second-order valence-electron chi connectivity index (χ2n) is 3.72. The van der Waals surface area contributed by atoms with E-state index in [2.05, 4.69) is 26.1 Å². The van der Waals surface area contributed by atoms with E-state index in [1.54, 1.807) is 0 Å². The Bertz CT molecular complexity index is 155. The molecule has 0 aliphatic heterocycles. The number of hydrogen-bond acceptors (Lipinski definition) is 3. The molecule has 0 aromatic carbocycles. The van der Waals surface area contributed by atoms with Crippen LogP contribution in [0.1, 0.15) is 40.5 Å². The van der Waals surface area contributed by atoms with Crippen molar-refractivity contribution in [1.82, 2.24) is 5.32 Å². The second-order valence-corrected chi connectivity index (χ2v) is 3.72. The van der Waals surface area contributed by atoms with Crippen LogP contribution in [-0.4, -0.2) is 24.7 Å². The summed E-state index contributed by atoms with van der Waals surface area (Å²) in [5.41, 5.74) is 0.118. The van der Waals surface area contributed by atoms with Gasteiger partial charge in [-0.15, -0.1) is 0 Å². The molecule has 3 nitrogen and oxygen atoms in total. The monoisotopic (exact) mass is 187 g/mol. The van der Waals surface area contributed by atoms with E-state index in [0.717, 1.165) is 6.42 Å². The first-order chi connectivity index (χ1) is 6.02. The van der Waals surface area contributed by atoms with E-state index in [4.69, 9.17) is 4.74 Å². The summed E-state index contributed by atoms with van der Waals surface area (Å²) >= 11 is 0. The normalized spacial score (nSPS) is 11.4. The fourth-order valence-corrected chi connectivity index (χ4v) is 0.861. The molecule has 0 rings (SSSR count). The lowest BCUT2D eigenvalue weighted by Gasteiger charge is -2.24. The van der Waals surface area contributed by atoms with E-state index in [1.807, 2.05) is 6.92 Å². The standard InChI is InChI=1S/C10H21NO2/c1-5-10(3,4)11-8-7-9(12)13-6-2/h11H,5-8H2,1-4H3. The average Bonchev–Trinajstić information content (AvgIpc) is 2.05. The van der Waals surface area contributed by atoms with Crippen LogP contribution in [0.3, 0.4) is 0 Å². The molecule has 0 aliphatic rings. The van der Waals surface area contributed by atoms with E-state index in [1.165, 1.54) is 0 Å². The molecule has 78 valence electrons. The molecule has 0 aromatic rings. The summed E-state index contributed by atoms with van der Waals surface area (Å²) in [5.74, 6) is -0.123. The van der Waals surface area contributed by atoms with Crippen molar-refractivity contribution < 1.29 is 9.53 Å². The second kappa shape index (κ2) is 5.97. The van der Waals surface area contributed by atoms with Crippen LogP contribution in [-0.2, 0) is 9.53 Å². The molecule has 1 N–H and O–H groups in total. The number of rotatable bonds is 6. The highest BCUT2D eigenvalue weighted by Crippen LogP contribution is 2.06. The largest absolute Gasteiger partial charge is 0.466 e. The quantitative estimate of drug-likeness (QED) is 0.643. The molecule has 13 heavy (non-hydrogen) atoms. The van der Waals surface area contributed by atoms with Crippen molar-refractivity contribution in [2.24, 2.45) is 0 Å². The Kier molecular flexibility index (Phi) is 5.71. The van der Waals surface area contributed by atoms with Crippen molar-refractivity contribution in [2.75, 3.05) is 13.2 Å². The first kappa shape index (κ1) is 12.4. The number of hydrogen-bond donors (Lipinski definition) is 1. The molecule has 0 fully saturated rings. The van der Waals surface area contributed by atoms with Gasteiger partial charge in [0.1, 0.15) is 0 Å². The molecule has 0 saturated carbocycles. The van der Waals surface area contributed by atoms with Crippen molar-refractivity contribution in [3.8, 4) is 0 Å². The van der Waals surface area contributed by atoms with Gasteiger partial charge in [-0.25, -0.2) is 0 Å². The molecule has 0 spiro atoms. The van der Waals surface area contributed by atoms with Crippen molar-refractivity contribution in [3.05, 3.63) is 0 Å². The van der Waals surface area contributed by atoms with Crippen LogP contribution < -0.4 is 5.32 Å². The van der Waals surface area contributed by atoms with E-state index < -0.39 is 0 Å². The van der Waals surface area contributed by atoms with Gasteiger partial charge in [-0.3, -0.25) is 4.79 Å². The van der Waals surface area contributed by atoms with Gasteiger partial charge in [-0.05, 0) is 27.2 Å². The van der Waals surface area contributed by atoms with Crippen molar-refractivity contribution in [1.29, 1.82) is 0 Å². The van der Waals surface area contributed by atoms with E-state index in [9.17, 15) is 4.79 Å². The molecule has 0 bridgehead atoms. The Labute approximate surface area is 80.8 Å². The first-order valence-corrected chi connectivity index (χ1v) is 4.92. The number of esters is 1. The van der Waals surface area contributed by atoms with Gasteiger partial charge < -0.3 is 10.1 Å². The van der Waals surface area contributed by atoms with E-state index >= 15 is 0 Å². The summed E-state index contributed by atoms with van der Waals surface area (Å²) in [5, 5.41) is 3.30. The Morgan fingerprint density at radius 3 is 2.46 bits per heavy atom. The third-order valence-electron chi connectivity index (χ3n) is 2.12. The first-order valence-electron chi connectivity index (χ1n) is 4.92. The maximum atomic E-state index is 11.0. The number of carbonyl (C=O) groups excluding carboxylic acids is 1. The van der Waals surface area contributed by atoms with Crippen molar-refractivity contribution in [2.45, 2.75) is 46.1 Å². The predicted octanol–water partition coefficient (Wildman–Crippen LogP) is 1.72. The maximum Gasteiger partial charge on any atom is 0.307 e. The van der Waals surface area contributed by atoms with Gasteiger partial charge in [0.05, 0.1) is 13.0 Å². The average molecular weight is 187 g/mol. The Balaban J connectivity index is 3.50. The zero-order chi connectivity index (χ0) is 10.3. The molecule has 0 heterocycles. The minimum atomic E-state index is -0.123. The maximum absolute atomic E-state index is 11.0. The third-order valence-corrected chi connectivity index (χ3v) is 2.12. The van der Waals surface area contributed by atoms with Gasteiger partial charge in [0, 0.05) is 12.1 Å². The van der Waals surface area contributed by atoms with Gasteiger partial charge in [0.25, 0.3) is 0 Å². The van der Waals surface area contributed by atoms with Gasteiger partial charge in [-0.2, -0.15) is 0 Å². The zero-order valence-corrected chi connectivity index (χ0v) is 9.14. The minimum absolute atomic E-state index is 0.118. The molecule has 0 saturated heterocycles. The van der Waals surface area contributed by atoms with Crippen molar-refractivity contribution in [3.63, 3.8) is 0 Å². The summed E-state index contributed by atoms with van der Waals surface area (Å²) in [6, 6.07) is 0. The van der Waals surface area contributed by atoms with E-state index in [-0.39, 0.29) is 11.5 Å². The minimum Gasteiger partial charge on any atom is -0.466 e. The highest BCUT2D eigenvalue weighted by molar-refractivity contribution is 5.69. The molecule has 0 unspecified atom stereocenters. The van der Waals surface area contributed by atoms with Gasteiger partial charge in [0.15, 0.2) is 0 Å². The fourth-order valence-electron chi connectivity index (χ4n) is 0.861. The lowest BCUT2D eigenvalue weighted by atomic mass is 10.0. The highest BCUT2D eigenvalue weighted by Gasteiger charge is 2.13. The SMILES string of the molecule is CCOC(=O)CCNC(C)(C)CC. The molecule has 0 aromatic heterocycles. The van der Waals surface area contributed by atoms with Crippen LogP contribution in [0.4, 0.5) is 0 Å². The lowest BCUT2D eigenvalue weighted by Crippen LogP contribution is -2.39. The number of ether oxygens (including phenoxy) is 1. The van der Waals surface area contributed by atoms with Gasteiger partial charge >= 0.3 is 5.97 Å². The van der Waals surface area contributed by atoms with Gasteiger partial charge in [-0.1, -0.05) is 6.92 Å². The van der Waals surface area contributed by atoms with Gasteiger partial charge in [0.2, 0.25) is 0 Å². The summed E-state index contributed by atoms with van der Waals surface area (Å²) in [6.07, 6.45) is 1.51. The smallest absolute Gasteiger partial charge is 0.307 e. The van der Waals surface area contributed by atoms with Crippen LogP contribution in [0.15, 0.2) is 0 Å². The summed E-state index contributed by atoms with van der Waals surface area (Å²) < 4.78 is 4.81. The predicted molar refractivity (Wildman–Crippen MR) is 53.6 cm³/mol. The topological polar surface area (TPSA) is 38.3 Å². The lowest BCUT2D eigenvalue weighted by molar-refractivity contribution is -0.143. The number of nitrogens with one attached hydrogen (secondary N) is 1. The van der Waals surface area contributed by atoms with Crippen molar-refractivity contribution >= 4 is 5.97 Å². The van der Waals surface area contributed by atoms with Crippen LogP contribution in [0.25, 0.3) is 0 Å². The summed E-state index contributed by atoms with van der Waals surface area (Å²) in [6.45, 7) is 9.35. The molecular formula is C10H21NO2. The number of carbonyl (C=O) groups is 1. The Morgan fingerprint density at radius 1 is 1.38 bits per heavy atom. The van der Waals surface area contributed by atoms with Crippen LogP contribution >= 0.6 is 0 Å². The molecule has 0 atom stereocenters. The Hall–Kier alpha value is -0.570. The molecule has 0 amide bonds. The molecular weight excluding hydrogens is 166 g/mol. The highest BCUT2D eigenvalue weighted by atomic mass is 16.5. The molecule has 0 radical (unpaired) electrons. The molecule has 0 aliphatic carbocycles. The molecule has 3 heteroatoms. The third kappa shape index (κ3) is 6.58. The zero-order valence-electron chi connectivity index (χ0n) is 9.14.